The Hall–Kier alpha value is -2.63. The van der Waals surface area contributed by atoms with Gasteiger partial charge in [-0.25, -0.2) is 14.8 Å². The molecule has 0 aliphatic rings. The van der Waals surface area contributed by atoms with Crippen molar-refractivity contribution >= 4 is 5.97 Å². The smallest absolute Gasteiger partial charge is 0.354 e. The van der Waals surface area contributed by atoms with Crippen molar-refractivity contribution < 1.29 is 19.4 Å². The zero-order valence-electron chi connectivity index (χ0n) is 11.4. The average Bonchev–Trinajstić information content (AvgIpc) is 2.45. The second-order valence-corrected chi connectivity index (χ2v) is 4.06. The molecule has 0 aliphatic heterocycles. The molecule has 1 aromatic carbocycles. The van der Waals surface area contributed by atoms with Gasteiger partial charge in [0.1, 0.15) is 17.1 Å². The van der Waals surface area contributed by atoms with Crippen molar-refractivity contribution in [3.8, 4) is 22.9 Å². The number of carboxylic acid groups (broad SMARTS) is 1. The van der Waals surface area contributed by atoms with Crippen LogP contribution < -0.4 is 9.47 Å². The highest BCUT2D eigenvalue weighted by atomic mass is 16.5. The third kappa shape index (κ3) is 2.54. The van der Waals surface area contributed by atoms with Crippen molar-refractivity contribution in [1.82, 2.24) is 9.97 Å². The van der Waals surface area contributed by atoms with E-state index in [0.717, 1.165) is 0 Å². The molecule has 2 aromatic rings. The summed E-state index contributed by atoms with van der Waals surface area (Å²) in [7, 11) is 3.04. The van der Waals surface area contributed by atoms with E-state index in [-0.39, 0.29) is 11.5 Å². The van der Waals surface area contributed by atoms with Crippen molar-refractivity contribution in [3.05, 3.63) is 35.7 Å². The number of carboxylic acids is 1. The number of aromatic nitrogens is 2. The van der Waals surface area contributed by atoms with Crippen LogP contribution in [0.2, 0.25) is 0 Å². The molecule has 1 aromatic heterocycles. The van der Waals surface area contributed by atoms with Gasteiger partial charge in [0, 0.05) is 5.69 Å². The number of hydrogen-bond donors (Lipinski definition) is 1. The molecular weight excluding hydrogens is 260 g/mol. The van der Waals surface area contributed by atoms with Crippen molar-refractivity contribution in [1.29, 1.82) is 0 Å². The van der Waals surface area contributed by atoms with Gasteiger partial charge in [-0.3, -0.25) is 0 Å². The monoisotopic (exact) mass is 274 g/mol. The minimum atomic E-state index is -1.11. The van der Waals surface area contributed by atoms with Crippen LogP contribution >= 0.6 is 0 Å². The van der Waals surface area contributed by atoms with E-state index >= 15 is 0 Å². The number of aryl methyl sites for hydroxylation is 1. The summed E-state index contributed by atoms with van der Waals surface area (Å²) in [4.78, 5) is 19.4. The lowest BCUT2D eigenvalue weighted by molar-refractivity contribution is 0.0690. The molecule has 0 spiro atoms. The first-order valence-corrected chi connectivity index (χ1v) is 5.87. The molecule has 6 nitrogen and oxygen atoms in total. The van der Waals surface area contributed by atoms with Gasteiger partial charge in [-0.2, -0.15) is 0 Å². The van der Waals surface area contributed by atoms with Crippen LogP contribution in [0.3, 0.4) is 0 Å². The minimum absolute atomic E-state index is 0.0690. The average molecular weight is 274 g/mol. The predicted octanol–water partition coefficient (Wildman–Crippen LogP) is 2.17. The van der Waals surface area contributed by atoms with Gasteiger partial charge in [0.2, 0.25) is 0 Å². The van der Waals surface area contributed by atoms with Gasteiger partial charge < -0.3 is 14.6 Å². The Kier molecular flexibility index (Phi) is 3.84. The molecule has 0 aliphatic carbocycles. The topological polar surface area (TPSA) is 81.5 Å². The van der Waals surface area contributed by atoms with Crippen LogP contribution in [-0.4, -0.2) is 35.3 Å². The number of nitrogens with zero attached hydrogens (tertiary/aromatic N) is 2. The molecular formula is C14H14N2O4. The van der Waals surface area contributed by atoms with Crippen LogP contribution in [0.5, 0.6) is 11.5 Å². The quantitative estimate of drug-likeness (QED) is 0.920. The van der Waals surface area contributed by atoms with Crippen molar-refractivity contribution in [2.45, 2.75) is 6.92 Å². The summed E-state index contributed by atoms with van der Waals surface area (Å²) < 4.78 is 10.6. The van der Waals surface area contributed by atoms with E-state index in [0.29, 0.717) is 22.8 Å². The fraction of sp³-hybridized carbons (Fsp3) is 0.214. The van der Waals surface area contributed by atoms with Gasteiger partial charge in [-0.05, 0) is 25.1 Å². The number of rotatable bonds is 4. The summed E-state index contributed by atoms with van der Waals surface area (Å²) in [6.45, 7) is 1.71. The van der Waals surface area contributed by atoms with Gasteiger partial charge >= 0.3 is 5.97 Å². The summed E-state index contributed by atoms with van der Waals surface area (Å²) in [5.74, 6) is 0.194. The number of ether oxygens (including phenoxy) is 2. The van der Waals surface area contributed by atoms with E-state index in [1.165, 1.54) is 20.3 Å². The van der Waals surface area contributed by atoms with Crippen molar-refractivity contribution in [2.24, 2.45) is 0 Å². The maximum atomic E-state index is 11.1. The third-order valence-corrected chi connectivity index (χ3v) is 2.72. The Bertz CT molecular complexity index is 633. The first kappa shape index (κ1) is 13.8. The largest absolute Gasteiger partial charge is 0.496 e. The highest BCUT2D eigenvalue weighted by Crippen LogP contribution is 2.36. The number of aromatic carboxylic acids is 1. The van der Waals surface area contributed by atoms with E-state index in [4.69, 9.17) is 14.6 Å². The lowest BCUT2D eigenvalue weighted by Gasteiger charge is -2.12. The number of benzene rings is 1. The summed E-state index contributed by atoms with van der Waals surface area (Å²) in [5.41, 5.74) is 1.02. The van der Waals surface area contributed by atoms with E-state index in [9.17, 15) is 4.79 Å². The van der Waals surface area contributed by atoms with Crippen LogP contribution in [-0.2, 0) is 0 Å². The van der Waals surface area contributed by atoms with Gasteiger partial charge in [0.05, 0.1) is 14.2 Å². The molecule has 0 amide bonds. The highest BCUT2D eigenvalue weighted by Gasteiger charge is 2.17. The Labute approximate surface area is 116 Å². The number of hydrogen-bond acceptors (Lipinski definition) is 5. The van der Waals surface area contributed by atoms with Crippen LogP contribution in [0.1, 0.15) is 16.2 Å². The first-order valence-electron chi connectivity index (χ1n) is 5.87. The Morgan fingerprint density at radius 2 is 1.75 bits per heavy atom. The molecule has 0 bridgehead atoms. The molecule has 104 valence electrons. The maximum absolute atomic E-state index is 11.1. The molecule has 0 radical (unpaired) electrons. The molecule has 1 heterocycles. The Morgan fingerprint density at radius 3 is 2.25 bits per heavy atom. The van der Waals surface area contributed by atoms with Crippen LogP contribution in [0.15, 0.2) is 24.3 Å². The van der Waals surface area contributed by atoms with E-state index < -0.39 is 5.97 Å². The fourth-order valence-corrected chi connectivity index (χ4v) is 1.86. The summed E-state index contributed by atoms with van der Waals surface area (Å²) in [5, 5.41) is 9.08. The van der Waals surface area contributed by atoms with Crippen molar-refractivity contribution in [2.75, 3.05) is 14.2 Å². The lowest BCUT2D eigenvalue weighted by atomic mass is 10.1. The highest BCUT2D eigenvalue weighted by molar-refractivity contribution is 5.86. The van der Waals surface area contributed by atoms with E-state index in [1.54, 1.807) is 25.1 Å². The molecule has 0 fully saturated rings. The zero-order chi connectivity index (χ0) is 14.7. The first-order chi connectivity index (χ1) is 9.56. The molecule has 1 N–H and O–H groups in total. The zero-order valence-corrected chi connectivity index (χ0v) is 11.4. The molecule has 0 saturated carbocycles. The number of methoxy groups -OCH3 is 2. The minimum Gasteiger partial charge on any atom is -0.496 e. The normalized spacial score (nSPS) is 10.2. The molecule has 2 rings (SSSR count). The Morgan fingerprint density at radius 1 is 1.15 bits per heavy atom. The molecule has 6 heteroatoms. The third-order valence-electron chi connectivity index (χ3n) is 2.72. The van der Waals surface area contributed by atoms with Gasteiger partial charge in [0.25, 0.3) is 0 Å². The Balaban J connectivity index is 2.70. The van der Waals surface area contributed by atoms with Crippen molar-refractivity contribution in [3.63, 3.8) is 0 Å². The van der Waals surface area contributed by atoms with Crippen LogP contribution in [0.4, 0.5) is 0 Å². The predicted molar refractivity (Wildman–Crippen MR) is 72.3 cm³/mol. The lowest BCUT2D eigenvalue weighted by Crippen LogP contribution is -2.05. The van der Waals surface area contributed by atoms with Gasteiger partial charge in [-0.15, -0.1) is 0 Å². The maximum Gasteiger partial charge on any atom is 0.354 e. The van der Waals surface area contributed by atoms with Gasteiger partial charge in [0.15, 0.2) is 11.5 Å². The SMILES string of the molecule is COc1cccc(OC)c1-c1nc(C)cc(C(=O)O)n1. The standard InChI is InChI=1S/C14H14N2O4/c1-8-7-9(14(17)18)16-13(15-8)12-10(19-2)5-4-6-11(12)20-3/h4-7H,1-3H3,(H,17,18). The summed E-state index contributed by atoms with van der Waals surface area (Å²) >= 11 is 0. The fourth-order valence-electron chi connectivity index (χ4n) is 1.86. The number of carbonyl (C=O) groups is 1. The second-order valence-electron chi connectivity index (χ2n) is 4.06. The molecule has 20 heavy (non-hydrogen) atoms. The van der Waals surface area contributed by atoms with Gasteiger partial charge in [-0.1, -0.05) is 6.07 Å². The van der Waals surface area contributed by atoms with Crippen LogP contribution in [0.25, 0.3) is 11.4 Å². The summed E-state index contributed by atoms with van der Waals surface area (Å²) in [6, 6.07) is 6.66. The molecule has 0 unspecified atom stereocenters. The van der Waals surface area contributed by atoms with E-state index in [1.807, 2.05) is 0 Å². The van der Waals surface area contributed by atoms with E-state index in [2.05, 4.69) is 9.97 Å². The van der Waals surface area contributed by atoms with Crippen LogP contribution in [0, 0.1) is 6.92 Å². The molecule has 0 atom stereocenters. The molecule has 0 saturated heterocycles. The second kappa shape index (κ2) is 5.56. The summed E-state index contributed by atoms with van der Waals surface area (Å²) in [6.07, 6.45) is 0.